The minimum atomic E-state index is -3.69. The van der Waals surface area contributed by atoms with Gasteiger partial charge >= 0.3 is 0 Å². The topological polar surface area (TPSA) is 75.8 Å². The molecule has 0 spiro atoms. The van der Waals surface area contributed by atoms with Crippen LogP contribution in [0, 0.1) is 17.1 Å². The predicted octanol–water partition coefficient (Wildman–Crippen LogP) is 2.56. The molecule has 0 aliphatic heterocycles. The van der Waals surface area contributed by atoms with Crippen LogP contribution in [0.1, 0.15) is 11.1 Å². The van der Waals surface area contributed by atoms with Crippen LogP contribution >= 0.6 is 0 Å². The van der Waals surface area contributed by atoms with Gasteiger partial charge in [-0.1, -0.05) is 12.1 Å². The van der Waals surface area contributed by atoms with E-state index in [-0.39, 0.29) is 10.9 Å². The van der Waals surface area contributed by atoms with Crippen molar-refractivity contribution in [2.24, 2.45) is 7.05 Å². The lowest BCUT2D eigenvalue weighted by Crippen LogP contribution is -2.11. The maximum atomic E-state index is 13.3. The van der Waals surface area contributed by atoms with Crippen LogP contribution in [0.4, 0.5) is 4.39 Å². The lowest BCUT2D eigenvalue weighted by atomic mass is 10.2. The van der Waals surface area contributed by atoms with E-state index < -0.39 is 15.7 Å². The third-order valence-corrected chi connectivity index (χ3v) is 5.15. The molecule has 0 saturated heterocycles. The largest absolute Gasteiger partial charge is 0.318 e. The number of benzene rings is 2. The molecule has 0 radical (unpaired) electrons. The molecule has 0 aliphatic carbocycles. The molecule has 3 rings (SSSR count). The summed E-state index contributed by atoms with van der Waals surface area (Å²) in [5, 5.41) is 8.66. The van der Waals surface area contributed by atoms with Gasteiger partial charge in [-0.25, -0.2) is 17.8 Å². The van der Waals surface area contributed by atoms with Gasteiger partial charge in [-0.2, -0.15) is 5.26 Å². The third kappa shape index (κ3) is 2.81. The average Bonchev–Trinajstić information content (AvgIpc) is 2.85. The molecule has 0 aliphatic rings. The maximum Gasteiger partial charge on any atom is 0.228 e. The smallest absolute Gasteiger partial charge is 0.228 e. The van der Waals surface area contributed by atoms with E-state index in [1.807, 2.05) is 6.07 Å². The fraction of sp³-hybridized carbons (Fsp3) is 0.125. The van der Waals surface area contributed by atoms with Crippen LogP contribution in [-0.4, -0.2) is 18.0 Å². The van der Waals surface area contributed by atoms with Gasteiger partial charge in [0.2, 0.25) is 15.0 Å². The lowest BCUT2D eigenvalue weighted by molar-refractivity contribution is 0.580. The first-order valence-corrected chi connectivity index (χ1v) is 8.40. The van der Waals surface area contributed by atoms with Gasteiger partial charge < -0.3 is 4.57 Å². The molecule has 7 heteroatoms. The summed E-state index contributed by atoms with van der Waals surface area (Å²) in [6.07, 6.45) is 0. The summed E-state index contributed by atoms with van der Waals surface area (Å²) >= 11 is 0. The molecule has 0 saturated carbocycles. The Morgan fingerprint density at radius 2 is 1.91 bits per heavy atom. The molecule has 0 unspecified atom stereocenters. The Kier molecular flexibility index (Phi) is 3.62. The van der Waals surface area contributed by atoms with E-state index in [9.17, 15) is 12.8 Å². The summed E-state index contributed by atoms with van der Waals surface area (Å²) in [4.78, 5) is 4.06. The molecular weight excluding hydrogens is 317 g/mol. The van der Waals surface area contributed by atoms with Crippen LogP contribution in [0.25, 0.3) is 11.0 Å². The van der Waals surface area contributed by atoms with Gasteiger partial charge in [0.05, 0.1) is 28.4 Å². The number of sulfone groups is 1. The monoisotopic (exact) mass is 329 g/mol. The number of hydrogen-bond donors (Lipinski definition) is 0. The van der Waals surface area contributed by atoms with Gasteiger partial charge in [0.1, 0.15) is 5.82 Å². The zero-order chi connectivity index (χ0) is 16.6. The SMILES string of the molecule is Cn1c(S(=O)(=O)Cc2ccc(C#N)cc2)nc2cc(F)ccc21. The molecule has 23 heavy (non-hydrogen) atoms. The van der Waals surface area contributed by atoms with Gasteiger partial charge in [-0.05, 0) is 29.8 Å². The minimum absolute atomic E-state index is 0.109. The van der Waals surface area contributed by atoms with Crippen LogP contribution in [0.2, 0.25) is 0 Å². The van der Waals surface area contributed by atoms with Crippen molar-refractivity contribution in [1.82, 2.24) is 9.55 Å². The first kappa shape index (κ1) is 15.2. The molecule has 0 bridgehead atoms. The maximum absolute atomic E-state index is 13.3. The Morgan fingerprint density at radius 1 is 1.22 bits per heavy atom. The Morgan fingerprint density at radius 3 is 2.57 bits per heavy atom. The van der Waals surface area contributed by atoms with Crippen molar-refractivity contribution < 1.29 is 12.8 Å². The Bertz CT molecular complexity index is 1030. The van der Waals surface area contributed by atoms with Crippen molar-refractivity contribution in [2.45, 2.75) is 10.9 Å². The number of aryl methyl sites for hydroxylation is 1. The molecule has 0 fully saturated rings. The number of hydrogen-bond acceptors (Lipinski definition) is 4. The van der Waals surface area contributed by atoms with Crippen molar-refractivity contribution >= 4 is 20.9 Å². The molecule has 116 valence electrons. The molecule has 1 heterocycles. The van der Waals surface area contributed by atoms with Crippen molar-refractivity contribution in [3.05, 3.63) is 59.4 Å². The Hall–Kier alpha value is -2.72. The predicted molar refractivity (Wildman–Crippen MR) is 82.7 cm³/mol. The van der Waals surface area contributed by atoms with Crippen molar-refractivity contribution in [1.29, 1.82) is 5.26 Å². The molecular formula is C16H12FN3O2S. The summed E-state index contributed by atoms with van der Waals surface area (Å²) in [5.41, 5.74) is 1.86. The summed E-state index contributed by atoms with van der Waals surface area (Å²) in [7, 11) is -2.11. The second-order valence-electron chi connectivity index (χ2n) is 5.15. The van der Waals surface area contributed by atoms with E-state index in [0.29, 0.717) is 22.2 Å². The van der Waals surface area contributed by atoms with Gasteiger partial charge in [-0.3, -0.25) is 0 Å². The van der Waals surface area contributed by atoms with Crippen molar-refractivity contribution in [2.75, 3.05) is 0 Å². The fourth-order valence-electron chi connectivity index (χ4n) is 2.39. The number of nitriles is 1. The molecule has 1 aromatic heterocycles. The molecule has 5 nitrogen and oxygen atoms in total. The molecule has 0 atom stereocenters. The van der Waals surface area contributed by atoms with Gasteiger partial charge in [0, 0.05) is 13.1 Å². The van der Waals surface area contributed by atoms with E-state index >= 15 is 0 Å². The van der Waals surface area contributed by atoms with Crippen molar-refractivity contribution in [3.63, 3.8) is 0 Å². The average molecular weight is 329 g/mol. The number of aromatic nitrogens is 2. The summed E-state index contributed by atoms with van der Waals surface area (Å²) < 4.78 is 39.9. The number of imidazole rings is 1. The third-order valence-electron chi connectivity index (χ3n) is 3.52. The van der Waals surface area contributed by atoms with Crippen LogP contribution in [0.3, 0.4) is 0 Å². The first-order valence-electron chi connectivity index (χ1n) is 6.74. The Balaban J connectivity index is 2.02. The van der Waals surface area contributed by atoms with Crippen molar-refractivity contribution in [3.8, 4) is 6.07 Å². The highest BCUT2D eigenvalue weighted by Gasteiger charge is 2.23. The van der Waals surface area contributed by atoms with Gasteiger partial charge in [-0.15, -0.1) is 0 Å². The number of halogens is 1. The summed E-state index contributed by atoms with van der Waals surface area (Å²) in [6, 6.07) is 12.3. The quantitative estimate of drug-likeness (QED) is 0.740. The Labute approximate surface area is 132 Å². The second kappa shape index (κ2) is 5.48. The molecule has 2 aromatic carbocycles. The number of nitrogens with zero attached hydrogens (tertiary/aromatic N) is 3. The molecule has 0 amide bonds. The summed E-state index contributed by atoms with van der Waals surface area (Å²) in [6.45, 7) is 0. The highest BCUT2D eigenvalue weighted by atomic mass is 32.2. The lowest BCUT2D eigenvalue weighted by Gasteiger charge is -2.05. The highest BCUT2D eigenvalue weighted by molar-refractivity contribution is 7.90. The summed E-state index contributed by atoms with van der Waals surface area (Å²) in [5.74, 6) is -0.704. The zero-order valence-corrected chi connectivity index (χ0v) is 13.0. The van der Waals surface area contributed by atoms with E-state index in [0.717, 1.165) is 0 Å². The van der Waals surface area contributed by atoms with E-state index in [1.165, 1.54) is 22.8 Å². The van der Waals surface area contributed by atoms with E-state index in [1.54, 1.807) is 31.3 Å². The van der Waals surface area contributed by atoms with E-state index in [2.05, 4.69) is 4.98 Å². The molecule has 0 N–H and O–H groups in total. The van der Waals surface area contributed by atoms with Gasteiger partial charge in [0.25, 0.3) is 0 Å². The second-order valence-corrected chi connectivity index (χ2v) is 7.04. The number of rotatable bonds is 3. The van der Waals surface area contributed by atoms with Crippen LogP contribution in [0.5, 0.6) is 0 Å². The normalized spacial score (nSPS) is 11.5. The van der Waals surface area contributed by atoms with Crippen LogP contribution in [-0.2, 0) is 22.6 Å². The fourth-order valence-corrected chi connectivity index (χ4v) is 3.90. The number of fused-ring (bicyclic) bond motifs is 1. The zero-order valence-electron chi connectivity index (χ0n) is 12.2. The van der Waals surface area contributed by atoms with Crippen LogP contribution < -0.4 is 0 Å². The first-order chi connectivity index (χ1) is 10.9. The molecule has 3 aromatic rings. The van der Waals surface area contributed by atoms with Gasteiger partial charge in [0.15, 0.2) is 0 Å². The standard InChI is InChI=1S/C16H12FN3O2S/c1-20-15-7-6-13(17)8-14(15)19-16(20)23(21,22)10-12-4-2-11(9-18)3-5-12/h2-8H,10H2,1H3. The van der Waals surface area contributed by atoms with E-state index in [4.69, 9.17) is 5.26 Å². The van der Waals surface area contributed by atoms with Crippen LogP contribution in [0.15, 0.2) is 47.6 Å². The minimum Gasteiger partial charge on any atom is -0.318 e. The highest BCUT2D eigenvalue weighted by Crippen LogP contribution is 2.22.